The van der Waals surface area contributed by atoms with Gasteiger partial charge in [0.1, 0.15) is 5.75 Å². The number of nitrogens with one attached hydrogen (secondary N) is 2. The number of nitro groups is 1. The van der Waals surface area contributed by atoms with Crippen LogP contribution >= 0.6 is 0 Å². The van der Waals surface area contributed by atoms with Gasteiger partial charge in [-0.05, 0) is 29.8 Å². The Bertz CT molecular complexity index is 863. The number of benzene rings is 2. The first-order valence-electron chi connectivity index (χ1n) is 7.00. The van der Waals surface area contributed by atoms with Crippen LogP contribution in [0.25, 0.3) is 0 Å². The Morgan fingerprint density at radius 2 is 1.72 bits per heavy atom. The molecule has 0 fully saturated rings. The topological polar surface area (TPSA) is 128 Å². The van der Waals surface area contributed by atoms with Crippen molar-refractivity contribution in [1.82, 2.24) is 10.3 Å². The van der Waals surface area contributed by atoms with Crippen molar-refractivity contribution in [3.8, 4) is 5.75 Å². The van der Waals surface area contributed by atoms with E-state index in [1.54, 1.807) is 24.3 Å². The van der Waals surface area contributed by atoms with Crippen LogP contribution in [0.15, 0.2) is 53.4 Å². The number of carbonyl (C=O) groups is 1. The Hall–Kier alpha value is -2.98. The summed E-state index contributed by atoms with van der Waals surface area (Å²) < 4.78 is 29.1. The third-order valence-corrected chi connectivity index (χ3v) is 4.47. The second-order valence-corrected chi connectivity index (χ2v) is 6.61. The highest BCUT2D eigenvalue weighted by molar-refractivity contribution is 7.89. The molecule has 2 aromatic rings. The minimum atomic E-state index is -4.03. The quantitative estimate of drug-likeness (QED) is 0.560. The maximum Gasteiger partial charge on any atom is 0.269 e. The molecule has 0 atom stereocenters. The number of nitrogens with zero attached hydrogens (tertiary/aromatic N) is 1. The molecule has 2 rings (SSSR count). The number of carbonyl (C=O) groups excluding carboxylic acids is 1. The molecule has 0 heterocycles. The maximum absolute atomic E-state index is 12.0. The Morgan fingerprint density at radius 3 is 2.24 bits per heavy atom. The summed E-state index contributed by atoms with van der Waals surface area (Å²) in [6.07, 6.45) is -0.0349. The number of hydrogen-bond donors (Lipinski definition) is 2. The van der Waals surface area contributed by atoms with Crippen molar-refractivity contribution in [3.63, 3.8) is 0 Å². The number of ether oxygens (including phenoxy) is 1. The fourth-order valence-electron chi connectivity index (χ4n) is 1.90. The van der Waals surface area contributed by atoms with Gasteiger partial charge >= 0.3 is 0 Å². The summed E-state index contributed by atoms with van der Waals surface area (Å²) in [6.45, 7) is 0. The maximum atomic E-state index is 12.0. The van der Waals surface area contributed by atoms with Gasteiger partial charge in [0.15, 0.2) is 0 Å². The molecule has 0 unspecified atom stereocenters. The van der Waals surface area contributed by atoms with Gasteiger partial charge < -0.3 is 4.74 Å². The third kappa shape index (κ3) is 4.99. The summed E-state index contributed by atoms with van der Waals surface area (Å²) in [4.78, 5) is 23.5. The average Bonchev–Trinajstić information content (AvgIpc) is 2.61. The van der Waals surface area contributed by atoms with Gasteiger partial charge in [-0.25, -0.2) is 8.42 Å². The van der Waals surface area contributed by atoms with Crippen molar-refractivity contribution >= 4 is 21.6 Å². The lowest BCUT2D eigenvalue weighted by Gasteiger charge is -2.08. The largest absolute Gasteiger partial charge is 0.497 e. The number of non-ortho nitro benzene ring substituents is 1. The van der Waals surface area contributed by atoms with E-state index in [-0.39, 0.29) is 17.0 Å². The number of sulfonamides is 1. The smallest absolute Gasteiger partial charge is 0.269 e. The molecule has 0 saturated carbocycles. The van der Waals surface area contributed by atoms with Gasteiger partial charge in [-0.1, -0.05) is 12.1 Å². The molecule has 0 aromatic heterocycles. The van der Waals surface area contributed by atoms with E-state index < -0.39 is 20.9 Å². The van der Waals surface area contributed by atoms with Crippen LogP contribution in [0.4, 0.5) is 5.69 Å². The Labute approximate surface area is 143 Å². The standard InChI is InChI=1S/C15H15N3O6S/c1-24-13-6-2-11(3-7-13)10-15(19)16-17-25(22,23)14-8-4-12(5-9-14)18(20)21/h2-9,17H,10H2,1H3,(H,16,19). The summed E-state index contributed by atoms with van der Waals surface area (Å²) in [5.74, 6) is 0.0821. The van der Waals surface area contributed by atoms with E-state index in [0.29, 0.717) is 11.3 Å². The van der Waals surface area contributed by atoms with E-state index in [1.165, 1.54) is 7.11 Å². The van der Waals surface area contributed by atoms with Crippen LogP contribution in [-0.2, 0) is 21.2 Å². The van der Waals surface area contributed by atoms with Gasteiger partial charge in [0.05, 0.1) is 23.3 Å². The van der Waals surface area contributed by atoms with E-state index in [9.17, 15) is 23.3 Å². The molecule has 0 aliphatic carbocycles. The first-order valence-corrected chi connectivity index (χ1v) is 8.48. The molecule has 9 nitrogen and oxygen atoms in total. The fourth-order valence-corrected chi connectivity index (χ4v) is 2.76. The monoisotopic (exact) mass is 365 g/mol. The van der Waals surface area contributed by atoms with Gasteiger partial charge in [-0.3, -0.25) is 20.3 Å². The molecular weight excluding hydrogens is 350 g/mol. The van der Waals surface area contributed by atoms with Crippen LogP contribution in [0, 0.1) is 10.1 Å². The molecule has 0 radical (unpaired) electrons. The van der Waals surface area contributed by atoms with Crippen molar-refractivity contribution < 1.29 is 22.9 Å². The summed E-state index contributed by atoms with van der Waals surface area (Å²) in [5, 5.41) is 10.6. The third-order valence-electron chi connectivity index (χ3n) is 3.21. The predicted octanol–water partition coefficient (Wildman–Crippen LogP) is 1.16. The van der Waals surface area contributed by atoms with Gasteiger partial charge in [0, 0.05) is 12.1 Å². The molecule has 0 aliphatic rings. The molecular formula is C15H15N3O6S. The number of rotatable bonds is 7. The van der Waals surface area contributed by atoms with Crippen LogP contribution in [0.1, 0.15) is 5.56 Å². The summed E-state index contributed by atoms with van der Waals surface area (Å²) in [6, 6.07) is 11.0. The SMILES string of the molecule is COc1ccc(CC(=O)NNS(=O)(=O)c2ccc([N+](=O)[O-])cc2)cc1. The number of hydrazine groups is 1. The van der Waals surface area contributed by atoms with Crippen molar-refractivity contribution in [1.29, 1.82) is 0 Å². The van der Waals surface area contributed by atoms with E-state index in [4.69, 9.17) is 4.74 Å². The Balaban J connectivity index is 1.96. The highest BCUT2D eigenvalue weighted by Gasteiger charge is 2.16. The van der Waals surface area contributed by atoms with Crippen LogP contribution in [0.3, 0.4) is 0 Å². The molecule has 132 valence electrons. The van der Waals surface area contributed by atoms with Crippen molar-refractivity contribution in [3.05, 3.63) is 64.2 Å². The van der Waals surface area contributed by atoms with E-state index in [1.807, 2.05) is 4.83 Å². The van der Waals surface area contributed by atoms with E-state index in [2.05, 4.69) is 5.43 Å². The van der Waals surface area contributed by atoms with Gasteiger partial charge in [-0.2, -0.15) is 0 Å². The highest BCUT2D eigenvalue weighted by Crippen LogP contribution is 2.15. The van der Waals surface area contributed by atoms with Gasteiger partial charge in [-0.15, -0.1) is 4.83 Å². The molecule has 2 N–H and O–H groups in total. The molecule has 0 aliphatic heterocycles. The van der Waals surface area contributed by atoms with Crippen LogP contribution in [-0.4, -0.2) is 26.4 Å². The Kier molecular flexibility index (Phi) is 5.67. The molecule has 0 saturated heterocycles. The Morgan fingerprint density at radius 1 is 1.12 bits per heavy atom. The highest BCUT2D eigenvalue weighted by atomic mass is 32.2. The second-order valence-electron chi connectivity index (χ2n) is 4.93. The van der Waals surface area contributed by atoms with Crippen LogP contribution < -0.4 is 15.0 Å². The number of hydrogen-bond acceptors (Lipinski definition) is 6. The van der Waals surface area contributed by atoms with Crippen LogP contribution in [0.2, 0.25) is 0 Å². The molecule has 25 heavy (non-hydrogen) atoms. The normalized spacial score (nSPS) is 10.9. The van der Waals surface area contributed by atoms with E-state index >= 15 is 0 Å². The summed E-state index contributed by atoms with van der Waals surface area (Å²) in [7, 11) is -2.50. The predicted molar refractivity (Wildman–Crippen MR) is 88.3 cm³/mol. The van der Waals surface area contributed by atoms with E-state index in [0.717, 1.165) is 24.3 Å². The van der Waals surface area contributed by atoms with Crippen molar-refractivity contribution in [2.24, 2.45) is 0 Å². The zero-order chi connectivity index (χ0) is 18.4. The first-order chi connectivity index (χ1) is 11.8. The zero-order valence-corrected chi connectivity index (χ0v) is 13.9. The lowest BCUT2D eigenvalue weighted by atomic mass is 10.1. The molecule has 0 spiro atoms. The zero-order valence-electron chi connectivity index (χ0n) is 13.1. The summed E-state index contributed by atoms with van der Waals surface area (Å²) in [5.41, 5.74) is 2.53. The lowest BCUT2D eigenvalue weighted by molar-refractivity contribution is -0.384. The number of nitro benzene ring substituents is 1. The van der Waals surface area contributed by atoms with Gasteiger partial charge in [0.25, 0.3) is 15.7 Å². The summed E-state index contributed by atoms with van der Waals surface area (Å²) >= 11 is 0. The van der Waals surface area contributed by atoms with Gasteiger partial charge in [0.2, 0.25) is 5.91 Å². The molecule has 0 bridgehead atoms. The molecule has 1 amide bonds. The average molecular weight is 365 g/mol. The minimum Gasteiger partial charge on any atom is -0.497 e. The first kappa shape index (κ1) is 18.4. The van der Waals surface area contributed by atoms with Crippen molar-refractivity contribution in [2.75, 3.05) is 7.11 Å². The van der Waals surface area contributed by atoms with Crippen molar-refractivity contribution in [2.45, 2.75) is 11.3 Å². The number of methoxy groups -OCH3 is 1. The molecule has 10 heteroatoms. The number of amides is 1. The fraction of sp³-hybridized carbons (Fsp3) is 0.133. The minimum absolute atomic E-state index is 0.0349. The van der Waals surface area contributed by atoms with Crippen LogP contribution in [0.5, 0.6) is 5.75 Å². The molecule has 2 aromatic carbocycles. The second kappa shape index (κ2) is 7.73. The lowest BCUT2D eigenvalue weighted by Crippen LogP contribution is -2.42.